The number of amides is 1. The molecule has 0 bridgehead atoms. The molecule has 1 fully saturated rings. The molecule has 0 radical (unpaired) electrons. The molecule has 4 rings (SSSR count). The van der Waals surface area contributed by atoms with E-state index in [1.54, 1.807) is 19.5 Å². The van der Waals surface area contributed by atoms with E-state index in [2.05, 4.69) is 56.3 Å². The van der Waals surface area contributed by atoms with Crippen LogP contribution in [0.4, 0.5) is 11.5 Å². The zero-order valence-corrected chi connectivity index (χ0v) is 19.8. The van der Waals surface area contributed by atoms with Gasteiger partial charge in [0.2, 0.25) is 5.91 Å². The molecule has 0 spiro atoms. The minimum atomic E-state index is -0.0125. The first kappa shape index (κ1) is 22.9. The Bertz CT molecular complexity index is 1050. The summed E-state index contributed by atoms with van der Waals surface area (Å²) in [4.78, 5) is 26.1. The van der Waals surface area contributed by atoms with Gasteiger partial charge in [0, 0.05) is 50.8 Å². The first-order valence-corrected chi connectivity index (χ1v) is 12.0. The van der Waals surface area contributed by atoms with Crippen molar-refractivity contribution in [3.05, 3.63) is 72.1 Å². The Hall–Kier alpha value is -3.26. The Morgan fingerprint density at radius 2 is 1.64 bits per heavy atom. The summed E-state index contributed by atoms with van der Waals surface area (Å²) in [5.41, 5.74) is 3.49. The number of carbonyl (C=O) groups excluding carboxylic acids is 1. The van der Waals surface area contributed by atoms with Crippen LogP contribution in [0.15, 0.2) is 66.0 Å². The van der Waals surface area contributed by atoms with Crippen LogP contribution < -0.4 is 19.9 Å². The van der Waals surface area contributed by atoms with Gasteiger partial charge >= 0.3 is 0 Å². The van der Waals surface area contributed by atoms with Crippen molar-refractivity contribution >= 4 is 29.2 Å². The Labute approximate surface area is 199 Å². The maximum atomic E-state index is 12.4. The summed E-state index contributed by atoms with van der Waals surface area (Å²) >= 11 is 1.43. The van der Waals surface area contributed by atoms with Gasteiger partial charge < -0.3 is 19.9 Å². The molecule has 1 aromatic heterocycles. The van der Waals surface area contributed by atoms with E-state index < -0.39 is 0 Å². The lowest BCUT2D eigenvalue weighted by Crippen LogP contribution is -2.47. The maximum Gasteiger partial charge on any atom is 0.230 e. The monoisotopic (exact) mass is 463 g/mol. The van der Waals surface area contributed by atoms with Gasteiger partial charge in [0.05, 0.1) is 12.9 Å². The standard InChI is InChI=1S/C25H29N5O2S/c1-19-3-5-20(6-4-19)17-28-23(31)18-33-25-24(26-11-12-27-25)30-15-13-29(14-16-30)21-7-9-22(32-2)10-8-21/h3-12H,13-18H2,1-2H3,(H,28,31). The van der Waals surface area contributed by atoms with Gasteiger partial charge in [-0.25, -0.2) is 9.97 Å². The van der Waals surface area contributed by atoms with Crippen LogP contribution >= 0.6 is 11.8 Å². The maximum absolute atomic E-state index is 12.4. The zero-order chi connectivity index (χ0) is 23.0. The quantitative estimate of drug-likeness (QED) is 0.513. The van der Waals surface area contributed by atoms with Gasteiger partial charge in [-0.2, -0.15) is 0 Å². The number of piperazine rings is 1. The van der Waals surface area contributed by atoms with Crippen molar-refractivity contribution in [3.8, 4) is 5.75 Å². The number of benzene rings is 2. The molecule has 1 aliphatic heterocycles. The van der Waals surface area contributed by atoms with Gasteiger partial charge in [-0.05, 0) is 36.8 Å². The Kier molecular flexibility index (Phi) is 7.67. The first-order valence-electron chi connectivity index (χ1n) is 11.0. The molecule has 3 aromatic rings. The predicted molar refractivity (Wildman–Crippen MR) is 133 cm³/mol. The van der Waals surface area contributed by atoms with Crippen LogP contribution in [-0.2, 0) is 11.3 Å². The number of aromatic nitrogens is 2. The molecule has 33 heavy (non-hydrogen) atoms. The fraction of sp³-hybridized carbons (Fsp3) is 0.320. The molecule has 0 unspecified atom stereocenters. The highest BCUT2D eigenvalue weighted by molar-refractivity contribution is 8.00. The van der Waals surface area contributed by atoms with Gasteiger partial charge in [0.15, 0.2) is 5.82 Å². The van der Waals surface area contributed by atoms with Crippen LogP contribution in [0.3, 0.4) is 0 Å². The van der Waals surface area contributed by atoms with Crippen molar-refractivity contribution in [3.63, 3.8) is 0 Å². The molecule has 1 N–H and O–H groups in total. The van der Waals surface area contributed by atoms with Crippen molar-refractivity contribution in [2.75, 3.05) is 48.8 Å². The largest absolute Gasteiger partial charge is 0.497 e. The first-order chi connectivity index (χ1) is 16.1. The highest BCUT2D eigenvalue weighted by Crippen LogP contribution is 2.28. The molecule has 2 heterocycles. The molecule has 1 amide bonds. The third-order valence-electron chi connectivity index (χ3n) is 5.61. The van der Waals surface area contributed by atoms with Crippen LogP contribution in [0.5, 0.6) is 5.75 Å². The van der Waals surface area contributed by atoms with Crippen LogP contribution in [0.2, 0.25) is 0 Å². The smallest absolute Gasteiger partial charge is 0.230 e. The lowest BCUT2D eigenvalue weighted by Gasteiger charge is -2.37. The number of ether oxygens (including phenoxy) is 1. The van der Waals surface area contributed by atoms with E-state index >= 15 is 0 Å². The van der Waals surface area contributed by atoms with Gasteiger partial charge in [-0.15, -0.1) is 0 Å². The lowest BCUT2D eigenvalue weighted by molar-refractivity contribution is -0.118. The fourth-order valence-electron chi connectivity index (χ4n) is 3.70. The minimum absolute atomic E-state index is 0.0125. The van der Waals surface area contributed by atoms with E-state index in [0.717, 1.165) is 48.3 Å². The number of rotatable bonds is 8. The predicted octanol–water partition coefficient (Wildman–Crippen LogP) is 3.53. The van der Waals surface area contributed by atoms with Crippen molar-refractivity contribution in [1.29, 1.82) is 0 Å². The Balaban J connectivity index is 1.30. The molecular formula is C25H29N5O2S. The zero-order valence-electron chi connectivity index (χ0n) is 19.0. The van der Waals surface area contributed by atoms with Gasteiger partial charge in [-0.3, -0.25) is 4.79 Å². The minimum Gasteiger partial charge on any atom is -0.497 e. The summed E-state index contributed by atoms with van der Waals surface area (Å²) in [6.45, 7) is 6.06. The van der Waals surface area contributed by atoms with Crippen LogP contribution in [0.1, 0.15) is 11.1 Å². The second-order valence-electron chi connectivity index (χ2n) is 7.91. The van der Waals surface area contributed by atoms with Crippen LogP contribution in [0.25, 0.3) is 0 Å². The number of carbonyl (C=O) groups is 1. The molecule has 0 aliphatic carbocycles. The fourth-order valence-corrected chi connectivity index (χ4v) is 4.51. The number of anilines is 2. The average Bonchev–Trinajstić information content (AvgIpc) is 2.87. The molecule has 8 heteroatoms. The molecule has 1 aliphatic rings. The number of nitrogens with zero attached hydrogens (tertiary/aromatic N) is 4. The summed E-state index contributed by atoms with van der Waals surface area (Å²) in [5.74, 6) is 2.01. The van der Waals surface area contributed by atoms with Gasteiger partial charge in [0.1, 0.15) is 10.8 Å². The molecule has 172 valence electrons. The van der Waals surface area contributed by atoms with Crippen LogP contribution in [-0.4, -0.2) is 54.9 Å². The summed E-state index contributed by atoms with van der Waals surface area (Å²) in [6.07, 6.45) is 3.40. The van der Waals surface area contributed by atoms with E-state index in [0.29, 0.717) is 12.3 Å². The molecular weight excluding hydrogens is 434 g/mol. The summed E-state index contributed by atoms with van der Waals surface area (Å²) in [6, 6.07) is 16.3. The molecule has 1 saturated heterocycles. The summed E-state index contributed by atoms with van der Waals surface area (Å²) in [5, 5.41) is 3.78. The molecule has 2 aromatic carbocycles. The number of thioether (sulfide) groups is 1. The Morgan fingerprint density at radius 1 is 0.970 bits per heavy atom. The van der Waals surface area contributed by atoms with Crippen molar-refractivity contribution in [2.45, 2.75) is 18.5 Å². The average molecular weight is 464 g/mol. The van der Waals surface area contributed by atoms with Crippen molar-refractivity contribution in [1.82, 2.24) is 15.3 Å². The second-order valence-corrected chi connectivity index (χ2v) is 8.87. The Morgan fingerprint density at radius 3 is 2.33 bits per heavy atom. The number of hydrogen-bond donors (Lipinski definition) is 1. The number of aryl methyl sites for hydroxylation is 1. The highest BCUT2D eigenvalue weighted by Gasteiger charge is 2.21. The number of nitrogens with one attached hydrogen (secondary N) is 1. The van der Waals surface area contributed by atoms with E-state index in [1.807, 2.05) is 24.3 Å². The highest BCUT2D eigenvalue weighted by atomic mass is 32.2. The SMILES string of the molecule is COc1ccc(N2CCN(c3nccnc3SCC(=O)NCc3ccc(C)cc3)CC2)cc1. The third kappa shape index (κ3) is 6.16. The second kappa shape index (κ2) is 11.0. The summed E-state index contributed by atoms with van der Waals surface area (Å²) < 4.78 is 5.25. The summed E-state index contributed by atoms with van der Waals surface area (Å²) in [7, 11) is 1.68. The van der Waals surface area contributed by atoms with Gasteiger partial charge in [0.25, 0.3) is 0 Å². The molecule has 0 saturated carbocycles. The van der Waals surface area contributed by atoms with Crippen LogP contribution in [0, 0.1) is 6.92 Å². The van der Waals surface area contributed by atoms with E-state index in [1.165, 1.54) is 23.0 Å². The lowest BCUT2D eigenvalue weighted by atomic mass is 10.1. The van der Waals surface area contributed by atoms with Crippen molar-refractivity contribution < 1.29 is 9.53 Å². The normalized spacial score (nSPS) is 13.6. The van der Waals surface area contributed by atoms with Crippen molar-refractivity contribution in [2.24, 2.45) is 0 Å². The molecule has 0 atom stereocenters. The number of methoxy groups -OCH3 is 1. The number of hydrogen-bond acceptors (Lipinski definition) is 7. The van der Waals surface area contributed by atoms with E-state index in [-0.39, 0.29) is 5.91 Å². The van der Waals surface area contributed by atoms with E-state index in [9.17, 15) is 4.79 Å². The molecule has 7 nitrogen and oxygen atoms in total. The van der Waals surface area contributed by atoms with E-state index in [4.69, 9.17) is 4.74 Å². The topological polar surface area (TPSA) is 70.6 Å². The third-order valence-corrected chi connectivity index (χ3v) is 6.58. The van der Waals surface area contributed by atoms with Gasteiger partial charge in [-0.1, -0.05) is 41.6 Å².